The number of piperidine rings is 2. The van der Waals surface area contributed by atoms with Crippen LogP contribution in [0.4, 0.5) is 0 Å². The highest BCUT2D eigenvalue weighted by Gasteiger charge is 2.41. The van der Waals surface area contributed by atoms with Gasteiger partial charge in [0.15, 0.2) is 0 Å². The molecule has 104 valence electrons. The second kappa shape index (κ2) is 5.63. The Morgan fingerprint density at radius 2 is 2.16 bits per heavy atom. The first-order valence-corrected chi connectivity index (χ1v) is 8.25. The number of fused-ring (bicyclic) bond motifs is 2. The van der Waals surface area contributed by atoms with E-state index in [1.165, 1.54) is 30.7 Å². The summed E-state index contributed by atoms with van der Waals surface area (Å²) in [6.07, 6.45) is 6.35. The van der Waals surface area contributed by atoms with Crippen molar-refractivity contribution in [1.82, 2.24) is 5.32 Å². The molecule has 3 heterocycles. The van der Waals surface area contributed by atoms with Gasteiger partial charge in [-0.05, 0) is 30.7 Å². The van der Waals surface area contributed by atoms with Crippen molar-refractivity contribution in [3.05, 3.63) is 22.4 Å². The molecule has 2 fully saturated rings. The summed E-state index contributed by atoms with van der Waals surface area (Å²) >= 11 is 1.88. The molecule has 2 N–H and O–H groups in total. The average Bonchev–Trinajstić information content (AvgIpc) is 2.82. The first-order chi connectivity index (χ1) is 9.22. The monoisotopic (exact) mass is 279 g/mol. The van der Waals surface area contributed by atoms with Gasteiger partial charge in [0.05, 0.1) is 17.0 Å². The van der Waals surface area contributed by atoms with E-state index in [0.29, 0.717) is 6.04 Å². The molecule has 2 aliphatic rings. The normalized spacial score (nSPS) is 33.9. The lowest BCUT2D eigenvalue weighted by atomic mass is 9.81. The van der Waals surface area contributed by atoms with Crippen LogP contribution >= 0.6 is 11.3 Å². The number of amides is 1. The Morgan fingerprint density at radius 3 is 2.74 bits per heavy atom. The average molecular weight is 279 g/mol. The third kappa shape index (κ3) is 3.00. The van der Waals surface area contributed by atoms with Crippen molar-refractivity contribution in [2.45, 2.75) is 63.7 Å². The van der Waals surface area contributed by atoms with E-state index in [4.69, 9.17) is 0 Å². The Morgan fingerprint density at radius 1 is 1.42 bits per heavy atom. The van der Waals surface area contributed by atoms with Crippen molar-refractivity contribution in [3.63, 3.8) is 0 Å². The molecule has 0 radical (unpaired) electrons. The minimum absolute atomic E-state index is 0.129. The smallest absolute Gasteiger partial charge is 0.217 e. The highest BCUT2D eigenvalue weighted by atomic mass is 32.1. The number of carbonyl (C=O) groups excluding carboxylic acids is 1. The van der Waals surface area contributed by atoms with Crippen LogP contribution in [0.2, 0.25) is 0 Å². The van der Waals surface area contributed by atoms with Gasteiger partial charge in [-0.1, -0.05) is 6.07 Å². The Balaban J connectivity index is 1.68. The molecule has 3 nitrogen and oxygen atoms in total. The van der Waals surface area contributed by atoms with Gasteiger partial charge in [0.2, 0.25) is 5.91 Å². The number of quaternary nitrogens is 1. The molecule has 0 spiro atoms. The fraction of sp³-hybridized carbons (Fsp3) is 0.667. The summed E-state index contributed by atoms with van der Waals surface area (Å²) in [7, 11) is 0. The van der Waals surface area contributed by atoms with Crippen LogP contribution in [0.1, 0.15) is 43.9 Å². The Bertz CT molecular complexity index is 417. The molecular weight excluding hydrogens is 256 g/mol. The van der Waals surface area contributed by atoms with Crippen molar-refractivity contribution in [3.8, 4) is 0 Å². The molecule has 2 aliphatic heterocycles. The van der Waals surface area contributed by atoms with E-state index in [-0.39, 0.29) is 5.91 Å². The summed E-state index contributed by atoms with van der Waals surface area (Å²) in [5.41, 5.74) is 0. The number of thiophene rings is 1. The maximum Gasteiger partial charge on any atom is 0.217 e. The summed E-state index contributed by atoms with van der Waals surface area (Å²) in [5, 5.41) is 5.32. The predicted octanol–water partition coefficient (Wildman–Crippen LogP) is 1.35. The van der Waals surface area contributed by atoms with Crippen molar-refractivity contribution < 1.29 is 9.69 Å². The van der Waals surface area contributed by atoms with Gasteiger partial charge in [0, 0.05) is 25.8 Å². The van der Waals surface area contributed by atoms with Crippen LogP contribution in [0.15, 0.2) is 17.5 Å². The molecule has 1 amide bonds. The molecule has 0 unspecified atom stereocenters. The molecule has 2 saturated heterocycles. The molecular formula is C15H23N2OS+. The van der Waals surface area contributed by atoms with Gasteiger partial charge in [0.1, 0.15) is 6.54 Å². The van der Waals surface area contributed by atoms with Gasteiger partial charge < -0.3 is 10.2 Å². The number of hydrogen-bond donors (Lipinski definition) is 2. The van der Waals surface area contributed by atoms with Crippen molar-refractivity contribution in [1.29, 1.82) is 0 Å². The first kappa shape index (κ1) is 13.1. The van der Waals surface area contributed by atoms with Crippen LogP contribution in [0.3, 0.4) is 0 Å². The third-order valence-corrected chi connectivity index (χ3v) is 5.53. The number of carbonyl (C=O) groups is 1. The minimum atomic E-state index is 0.129. The van der Waals surface area contributed by atoms with E-state index < -0.39 is 0 Å². The van der Waals surface area contributed by atoms with Crippen LogP contribution in [-0.4, -0.2) is 24.0 Å². The molecule has 0 aliphatic carbocycles. The van der Waals surface area contributed by atoms with Crippen LogP contribution in [-0.2, 0) is 11.3 Å². The molecule has 1 aromatic heterocycles. The maximum absolute atomic E-state index is 11.3. The summed E-state index contributed by atoms with van der Waals surface area (Å²) < 4.78 is 0. The second-order valence-electron chi connectivity index (χ2n) is 6.02. The zero-order valence-corrected chi connectivity index (χ0v) is 12.3. The highest BCUT2D eigenvalue weighted by molar-refractivity contribution is 7.09. The van der Waals surface area contributed by atoms with Gasteiger partial charge >= 0.3 is 0 Å². The van der Waals surface area contributed by atoms with Crippen LogP contribution < -0.4 is 10.2 Å². The second-order valence-corrected chi connectivity index (χ2v) is 7.06. The Labute approximate surface area is 119 Å². The minimum Gasteiger partial charge on any atom is -0.353 e. The fourth-order valence-corrected chi connectivity index (χ4v) is 4.68. The van der Waals surface area contributed by atoms with Crippen molar-refractivity contribution in [2.75, 3.05) is 0 Å². The highest BCUT2D eigenvalue weighted by Crippen LogP contribution is 2.23. The topological polar surface area (TPSA) is 33.5 Å². The van der Waals surface area contributed by atoms with Gasteiger partial charge in [-0.15, -0.1) is 11.3 Å². The fourth-order valence-electron chi connectivity index (χ4n) is 3.94. The van der Waals surface area contributed by atoms with Gasteiger partial charge in [-0.25, -0.2) is 0 Å². The van der Waals surface area contributed by atoms with E-state index in [0.717, 1.165) is 24.9 Å². The quantitative estimate of drug-likeness (QED) is 0.860. The summed E-state index contributed by atoms with van der Waals surface area (Å²) in [6.45, 7) is 2.82. The largest absolute Gasteiger partial charge is 0.353 e. The van der Waals surface area contributed by atoms with E-state index in [9.17, 15) is 4.79 Å². The summed E-state index contributed by atoms with van der Waals surface area (Å²) in [6, 6.07) is 6.31. The SMILES string of the molecule is CC(=O)NC1C[C@H]2CCC[C@H](C1)[NH+]2Cc1cccs1. The number of rotatable bonds is 3. The van der Waals surface area contributed by atoms with Crippen LogP contribution in [0.25, 0.3) is 0 Å². The van der Waals surface area contributed by atoms with Crippen LogP contribution in [0.5, 0.6) is 0 Å². The summed E-state index contributed by atoms with van der Waals surface area (Å²) in [4.78, 5) is 14.5. The van der Waals surface area contributed by atoms with E-state index in [1.54, 1.807) is 11.8 Å². The molecule has 1 aromatic rings. The number of hydrogen-bond acceptors (Lipinski definition) is 2. The first-order valence-electron chi connectivity index (χ1n) is 7.37. The Hall–Kier alpha value is -0.870. The molecule has 0 aromatic carbocycles. The van der Waals surface area contributed by atoms with Gasteiger partial charge in [-0.3, -0.25) is 4.79 Å². The number of nitrogens with one attached hydrogen (secondary N) is 2. The summed E-state index contributed by atoms with van der Waals surface area (Å²) in [5.74, 6) is 0.129. The third-order valence-electron chi connectivity index (χ3n) is 4.66. The molecule has 2 bridgehead atoms. The van der Waals surface area contributed by atoms with Gasteiger partial charge in [-0.2, -0.15) is 0 Å². The Kier molecular flexibility index (Phi) is 3.89. The molecule has 2 atom stereocenters. The zero-order chi connectivity index (χ0) is 13.2. The maximum atomic E-state index is 11.3. The molecule has 3 rings (SSSR count). The molecule has 4 heteroatoms. The van der Waals surface area contributed by atoms with Crippen molar-refractivity contribution >= 4 is 17.2 Å². The lowest BCUT2D eigenvalue weighted by Crippen LogP contribution is -3.20. The lowest BCUT2D eigenvalue weighted by molar-refractivity contribution is -0.973. The molecule has 19 heavy (non-hydrogen) atoms. The standard InChI is InChI=1S/C15H22N2OS/c1-11(18)16-12-8-13-4-2-5-14(9-12)17(13)10-15-6-3-7-19-15/h3,6-7,12-14H,2,4-5,8-10H2,1H3,(H,16,18)/p+1/t13-,14-/m1/s1. The molecule has 0 saturated carbocycles. The lowest BCUT2D eigenvalue weighted by Gasteiger charge is -2.45. The predicted molar refractivity (Wildman–Crippen MR) is 77.3 cm³/mol. The van der Waals surface area contributed by atoms with Gasteiger partial charge in [0.25, 0.3) is 0 Å². The zero-order valence-electron chi connectivity index (χ0n) is 11.5. The van der Waals surface area contributed by atoms with Crippen LogP contribution in [0, 0.1) is 0 Å². The van der Waals surface area contributed by atoms with E-state index in [1.807, 2.05) is 11.3 Å². The van der Waals surface area contributed by atoms with E-state index in [2.05, 4.69) is 22.8 Å². The van der Waals surface area contributed by atoms with Crippen molar-refractivity contribution in [2.24, 2.45) is 0 Å². The van der Waals surface area contributed by atoms with E-state index >= 15 is 0 Å².